The van der Waals surface area contributed by atoms with Gasteiger partial charge in [0.25, 0.3) is 0 Å². The standard InChI is InChI=1S/C15H15F2N3O/c1-8(2)20-15-12(7-18-20)11(6-14(21)19-15)10-4-3-9(16)5-13(10)17/h3-5,7-8,11H,6H2,1-2H3,(H,19,21)/t11-/m0/s1. The highest BCUT2D eigenvalue weighted by molar-refractivity contribution is 5.94. The van der Waals surface area contributed by atoms with E-state index in [1.54, 1.807) is 10.9 Å². The molecule has 1 aliphatic heterocycles. The number of hydrogen-bond acceptors (Lipinski definition) is 2. The van der Waals surface area contributed by atoms with Gasteiger partial charge in [-0.15, -0.1) is 0 Å². The molecular formula is C15H15F2N3O. The first-order valence-corrected chi connectivity index (χ1v) is 6.79. The average Bonchev–Trinajstić information content (AvgIpc) is 2.81. The van der Waals surface area contributed by atoms with Crippen LogP contribution in [0.3, 0.4) is 0 Å². The Bertz CT molecular complexity index is 709. The fourth-order valence-corrected chi connectivity index (χ4v) is 2.69. The van der Waals surface area contributed by atoms with Crippen molar-refractivity contribution in [3.8, 4) is 0 Å². The molecule has 1 atom stereocenters. The van der Waals surface area contributed by atoms with Gasteiger partial charge in [0.2, 0.25) is 5.91 Å². The van der Waals surface area contributed by atoms with Gasteiger partial charge >= 0.3 is 0 Å². The van der Waals surface area contributed by atoms with Crippen LogP contribution in [0, 0.1) is 11.6 Å². The number of rotatable bonds is 2. The molecule has 0 spiro atoms. The molecule has 1 aromatic carbocycles. The molecule has 0 fully saturated rings. The number of anilines is 1. The number of carbonyl (C=O) groups is 1. The van der Waals surface area contributed by atoms with Crippen molar-refractivity contribution in [1.29, 1.82) is 0 Å². The summed E-state index contributed by atoms with van der Waals surface area (Å²) in [5, 5.41) is 7.05. The summed E-state index contributed by atoms with van der Waals surface area (Å²) in [6, 6.07) is 3.52. The van der Waals surface area contributed by atoms with Crippen LogP contribution in [0.1, 0.15) is 43.4 Å². The van der Waals surface area contributed by atoms with Crippen LogP contribution < -0.4 is 5.32 Å². The van der Waals surface area contributed by atoms with Crippen molar-refractivity contribution in [3.05, 3.63) is 47.2 Å². The summed E-state index contributed by atoms with van der Waals surface area (Å²) in [7, 11) is 0. The molecule has 21 heavy (non-hydrogen) atoms. The predicted molar refractivity (Wildman–Crippen MR) is 74.1 cm³/mol. The minimum atomic E-state index is -0.641. The number of benzene rings is 1. The highest BCUT2D eigenvalue weighted by atomic mass is 19.1. The zero-order chi connectivity index (χ0) is 15.1. The lowest BCUT2D eigenvalue weighted by molar-refractivity contribution is -0.116. The van der Waals surface area contributed by atoms with Gasteiger partial charge in [0.05, 0.1) is 6.20 Å². The molecule has 6 heteroatoms. The molecule has 1 aromatic heterocycles. The summed E-state index contributed by atoms with van der Waals surface area (Å²) in [6.45, 7) is 3.89. The second-order valence-corrected chi connectivity index (χ2v) is 5.46. The Morgan fingerprint density at radius 1 is 1.33 bits per heavy atom. The summed E-state index contributed by atoms with van der Waals surface area (Å²) >= 11 is 0. The van der Waals surface area contributed by atoms with Crippen LogP contribution in [0.15, 0.2) is 24.4 Å². The first-order chi connectivity index (χ1) is 9.97. The zero-order valence-electron chi connectivity index (χ0n) is 11.7. The maximum atomic E-state index is 14.0. The van der Waals surface area contributed by atoms with E-state index in [0.29, 0.717) is 11.4 Å². The van der Waals surface area contributed by atoms with Crippen molar-refractivity contribution in [2.75, 3.05) is 5.32 Å². The van der Waals surface area contributed by atoms with Crippen LogP contribution >= 0.6 is 0 Å². The van der Waals surface area contributed by atoms with Crippen LogP contribution in [-0.2, 0) is 4.79 Å². The number of hydrogen-bond donors (Lipinski definition) is 1. The third kappa shape index (κ3) is 2.30. The summed E-state index contributed by atoms with van der Waals surface area (Å²) in [5.41, 5.74) is 1.07. The quantitative estimate of drug-likeness (QED) is 0.923. The Morgan fingerprint density at radius 3 is 2.76 bits per heavy atom. The van der Waals surface area contributed by atoms with Gasteiger partial charge in [-0.05, 0) is 25.5 Å². The summed E-state index contributed by atoms with van der Waals surface area (Å²) in [5.74, 6) is -1.32. The second kappa shape index (κ2) is 4.95. The molecule has 4 nitrogen and oxygen atoms in total. The predicted octanol–water partition coefficient (Wildman–Crippen LogP) is 3.22. The molecule has 1 aliphatic rings. The topological polar surface area (TPSA) is 46.9 Å². The molecule has 1 amide bonds. The molecule has 0 aliphatic carbocycles. The molecule has 0 saturated carbocycles. The summed E-state index contributed by atoms with van der Waals surface area (Å²) in [4.78, 5) is 11.9. The lowest BCUT2D eigenvalue weighted by atomic mass is 9.87. The van der Waals surface area contributed by atoms with Gasteiger partial charge in [0.15, 0.2) is 0 Å². The van der Waals surface area contributed by atoms with E-state index >= 15 is 0 Å². The molecule has 110 valence electrons. The van der Waals surface area contributed by atoms with Crippen LogP contribution in [-0.4, -0.2) is 15.7 Å². The normalized spacial score (nSPS) is 17.8. The van der Waals surface area contributed by atoms with E-state index in [0.717, 1.165) is 11.6 Å². The minimum Gasteiger partial charge on any atom is -0.311 e. The van der Waals surface area contributed by atoms with Crippen molar-refractivity contribution in [2.24, 2.45) is 0 Å². The maximum Gasteiger partial charge on any atom is 0.226 e. The zero-order valence-corrected chi connectivity index (χ0v) is 11.7. The van der Waals surface area contributed by atoms with E-state index in [-0.39, 0.29) is 18.4 Å². The minimum absolute atomic E-state index is 0.0749. The third-order valence-corrected chi connectivity index (χ3v) is 3.67. The number of fused-ring (bicyclic) bond motifs is 1. The number of halogens is 2. The fraction of sp³-hybridized carbons (Fsp3) is 0.333. The number of aromatic nitrogens is 2. The smallest absolute Gasteiger partial charge is 0.226 e. The first-order valence-electron chi connectivity index (χ1n) is 6.79. The molecule has 3 rings (SSSR count). The SMILES string of the molecule is CC(C)n1ncc2c1NC(=O)C[C@H]2c1ccc(F)cc1F. The van der Waals surface area contributed by atoms with Crippen molar-refractivity contribution < 1.29 is 13.6 Å². The van der Waals surface area contributed by atoms with E-state index in [1.807, 2.05) is 13.8 Å². The van der Waals surface area contributed by atoms with Crippen LogP contribution in [0.5, 0.6) is 0 Å². The molecule has 0 radical (unpaired) electrons. The van der Waals surface area contributed by atoms with Gasteiger partial charge in [-0.1, -0.05) is 6.07 Å². The number of amides is 1. The van der Waals surface area contributed by atoms with Gasteiger partial charge in [-0.3, -0.25) is 4.79 Å². The van der Waals surface area contributed by atoms with Crippen LogP contribution in [0.2, 0.25) is 0 Å². The second-order valence-electron chi connectivity index (χ2n) is 5.46. The Balaban J connectivity index is 2.11. The highest BCUT2D eigenvalue weighted by Gasteiger charge is 2.32. The van der Waals surface area contributed by atoms with Crippen molar-refractivity contribution in [3.63, 3.8) is 0 Å². The van der Waals surface area contributed by atoms with Gasteiger partial charge in [-0.25, -0.2) is 13.5 Å². The van der Waals surface area contributed by atoms with E-state index in [4.69, 9.17) is 0 Å². The molecular weight excluding hydrogens is 276 g/mol. The monoisotopic (exact) mass is 291 g/mol. The Morgan fingerprint density at radius 2 is 2.10 bits per heavy atom. The average molecular weight is 291 g/mol. The van der Waals surface area contributed by atoms with Crippen molar-refractivity contribution in [2.45, 2.75) is 32.2 Å². The number of nitrogens with zero attached hydrogens (tertiary/aromatic N) is 2. The van der Waals surface area contributed by atoms with E-state index in [1.165, 1.54) is 12.1 Å². The van der Waals surface area contributed by atoms with Crippen molar-refractivity contribution >= 4 is 11.7 Å². The molecule has 2 aromatic rings. The first kappa shape index (κ1) is 13.7. The fourth-order valence-electron chi connectivity index (χ4n) is 2.69. The van der Waals surface area contributed by atoms with Crippen LogP contribution in [0.25, 0.3) is 0 Å². The maximum absolute atomic E-state index is 14.0. The van der Waals surface area contributed by atoms with Crippen molar-refractivity contribution in [1.82, 2.24) is 9.78 Å². The lowest BCUT2D eigenvalue weighted by Gasteiger charge is -2.24. The summed E-state index contributed by atoms with van der Waals surface area (Å²) < 4.78 is 28.8. The largest absolute Gasteiger partial charge is 0.311 e. The molecule has 2 heterocycles. The molecule has 1 N–H and O–H groups in total. The Kier molecular flexibility index (Phi) is 3.23. The molecule has 0 bridgehead atoms. The van der Waals surface area contributed by atoms with Gasteiger partial charge < -0.3 is 5.32 Å². The molecule has 0 unspecified atom stereocenters. The van der Waals surface area contributed by atoms with E-state index < -0.39 is 17.6 Å². The van der Waals surface area contributed by atoms with Gasteiger partial charge in [-0.2, -0.15) is 5.10 Å². The number of carbonyl (C=O) groups excluding carboxylic acids is 1. The number of nitrogens with one attached hydrogen (secondary N) is 1. The highest BCUT2D eigenvalue weighted by Crippen LogP contribution is 2.38. The third-order valence-electron chi connectivity index (χ3n) is 3.67. The Hall–Kier alpha value is -2.24. The van der Waals surface area contributed by atoms with Gasteiger partial charge in [0, 0.05) is 30.0 Å². The van der Waals surface area contributed by atoms with E-state index in [2.05, 4.69) is 10.4 Å². The lowest BCUT2D eigenvalue weighted by Crippen LogP contribution is -2.25. The molecule has 0 saturated heterocycles. The van der Waals surface area contributed by atoms with Gasteiger partial charge in [0.1, 0.15) is 17.5 Å². The summed E-state index contributed by atoms with van der Waals surface area (Å²) in [6.07, 6.45) is 1.77. The Labute approximate surface area is 120 Å². The van der Waals surface area contributed by atoms with Crippen LogP contribution in [0.4, 0.5) is 14.6 Å². The van der Waals surface area contributed by atoms with E-state index in [9.17, 15) is 13.6 Å².